The van der Waals surface area contributed by atoms with E-state index in [4.69, 9.17) is 9.97 Å². The lowest BCUT2D eigenvalue weighted by atomic mass is 9.97. The second kappa shape index (κ2) is 12.1. The first-order valence-corrected chi connectivity index (χ1v) is 16.2. The molecule has 0 spiro atoms. The average Bonchev–Trinajstić information content (AvgIpc) is 3.62. The third-order valence-corrected chi connectivity index (χ3v) is 9.64. The first-order valence-electron chi connectivity index (χ1n) is 15.4. The van der Waals surface area contributed by atoms with Crippen LogP contribution in [0.4, 0.5) is 11.5 Å². The molecule has 0 amide bonds. The first kappa shape index (κ1) is 28.7. The van der Waals surface area contributed by atoms with Gasteiger partial charge in [-0.05, 0) is 55.2 Å². The lowest BCUT2D eigenvalue weighted by molar-refractivity contribution is 0.943. The lowest BCUT2D eigenvalue weighted by Gasteiger charge is -2.28. The fraction of sp³-hybridized carbons (Fsp3) is 0.122. The van der Waals surface area contributed by atoms with Crippen molar-refractivity contribution < 1.29 is 0 Å². The Morgan fingerprint density at radius 2 is 1.60 bits per heavy atom. The molecule has 0 aliphatic heterocycles. The van der Waals surface area contributed by atoms with Crippen LogP contribution in [0.2, 0.25) is 0 Å². The van der Waals surface area contributed by atoms with Gasteiger partial charge in [0.25, 0.3) is 0 Å². The van der Waals surface area contributed by atoms with Crippen molar-refractivity contribution >= 4 is 38.5 Å². The molecule has 2 heterocycles. The van der Waals surface area contributed by atoms with E-state index in [1.807, 2.05) is 29.6 Å². The zero-order chi connectivity index (χ0) is 30.9. The normalized spacial score (nSPS) is 11.9. The maximum Gasteiger partial charge on any atom is 0.161 e. The van der Waals surface area contributed by atoms with Crippen molar-refractivity contribution in [3.8, 4) is 22.5 Å². The van der Waals surface area contributed by atoms with Gasteiger partial charge in [-0.1, -0.05) is 121 Å². The highest BCUT2D eigenvalue weighted by atomic mass is 32.1. The van der Waals surface area contributed by atoms with Crippen LogP contribution in [0, 0.1) is 6.92 Å². The third-order valence-electron chi connectivity index (χ3n) is 8.48. The van der Waals surface area contributed by atoms with Crippen LogP contribution in [0.1, 0.15) is 41.1 Å². The molecule has 0 N–H and O–H groups in total. The molecule has 0 radical (unpaired) electrons. The summed E-state index contributed by atoms with van der Waals surface area (Å²) in [6, 6.07) is 36.4. The molecule has 0 atom stereocenters. The minimum Gasteiger partial charge on any atom is -0.320 e. The van der Waals surface area contributed by atoms with Crippen LogP contribution in [0.5, 0.6) is 0 Å². The number of hydrogen-bond acceptors (Lipinski definition) is 4. The second-order valence-electron chi connectivity index (χ2n) is 11.7. The van der Waals surface area contributed by atoms with Gasteiger partial charge in [-0.25, -0.2) is 9.97 Å². The van der Waals surface area contributed by atoms with Crippen LogP contribution < -0.4 is 4.90 Å². The summed E-state index contributed by atoms with van der Waals surface area (Å²) in [5.41, 5.74) is 11.9. The van der Waals surface area contributed by atoms with E-state index in [9.17, 15) is 0 Å². The molecule has 45 heavy (non-hydrogen) atoms. The molecular weight excluding hydrogens is 567 g/mol. The van der Waals surface area contributed by atoms with Crippen LogP contribution >= 0.6 is 11.3 Å². The average molecular weight is 602 g/mol. The number of aromatic nitrogens is 2. The summed E-state index contributed by atoms with van der Waals surface area (Å²) >= 11 is 1.87. The van der Waals surface area contributed by atoms with E-state index >= 15 is 0 Å². The van der Waals surface area contributed by atoms with Crippen molar-refractivity contribution in [3.05, 3.63) is 161 Å². The number of fused-ring (bicyclic) bond motifs is 4. The Balaban J connectivity index is 1.51. The molecule has 4 aromatic carbocycles. The molecule has 0 bridgehead atoms. The van der Waals surface area contributed by atoms with Gasteiger partial charge in [0.1, 0.15) is 5.82 Å². The number of thiophene rings is 1. The van der Waals surface area contributed by atoms with Gasteiger partial charge < -0.3 is 4.90 Å². The standard InChI is InChI=1S/C41H35N3S/c1-5-6-20-31(27(2)3)38-33-22-13-15-24-36(33)45-37(38)26-44(35-23-14-10-16-28(35)4)41-39-32-21-12-11-19-30(32)25-34(39)42-40(43-41)29-17-8-7-9-18-29/h5-24H,1,25-26H2,2-4H3/b20-6-. The van der Waals surface area contributed by atoms with Gasteiger partial charge in [-0.15, -0.1) is 11.3 Å². The van der Waals surface area contributed by atoms with E-state index in [-0.39, 0.29) is 0 Å². The summed E-state index contributed by atoms with van der Waals surface area (Å²) in [4.78, 5) is 14.3. The Bertz CT molecular complexity index is 2110. The fourth-order valence-electron chi connectivity index (χ4n) is 6.36. The van der Waals surface area contributed by atoms with Crippen molar-refractivity contribution in [1.29, 1.82) is 0 Å². The van der Waals surface area contributed by atoms with E-state index in [0.717, 1.165) is 40.6 Å². The number of benzene rings is 4. The molecule has 0 saturated carbocycles. The van der Waals surface area contributed by atoms with Gasteiger partial charge in [0.15, 0.2) is 5.82 Å². The Hall–Kier alpha value is -5.06. The Kier molecular flexibility index (Phi) is 7.74. The van der Waals surface area contributed by atoms with E-state index < -0.39 is 0 Å². The van der Waals surface area contributed by atoms with Crippen LogP contribution in [0.15, 0.2) is 134 Å². The topological polar surface area (TPSA) is 29.0 Å². The quantitative estimate of drug-likeness (QED) is 0.162. The summed E-state index contributed by atoms with van der Waals surface area (Å²) in [6.45, 7) is 11.2. The van der Waals surface area contributed by atoms with Crippen molar-refractivity contribution in [2.24, 2.45) is 0 Å². The predicted molar refractivity (Wildman–Crippen MR) is 192 cm³/mol. The number of nitrogens with zero attached hydrogens (tertiary/aromatic N) is 3. The van der Waals surface area contributed by atoms with Crippen LogP contribution in [-0.4, -0.2) is 9.97 Å². The molecule has 1 aliphatic rings. The molecule has 1 aliphatic carbocycles. The largest absolute Gasteiger partial charge is 0.320 e. The van der Waals surface area contributed by atoms with Gasteiger partial charge >= 0.3 is 0 Å². The van der Waals surface area contributed by atoms with Crippen LogP contribution in [0.25, 0.3) is 38.2 Å². The summed E-state index contributed by atoms with van der Waals surface area (Å²) in [5.74, 6) is 1.70. The molecule has 0 unspecified atom stereocenters. The highest BCUT2D eigenvalue weighted by Crippen LogP contribution is 2.46. The van der Waals surface area contributed by atoms with E-state index in [1.165, 1.54) is 48.4 Å². The molecule has 4 heteroatoms. The predicted octanol–water partition coefficient (Wildman–Crippen LogP) is 11.1. The number of aryl methyl sites for hydroxylation is 1. The van der Waals surface area contributed by atoms with Crippen molar-refractivity contribution in [3.63, 3.8) is 0 Å². The summed E-state index contributed by atoms with van der Waals surface area (Å²) in [7, 11) is 0. The monoisotopic (exact) mass is 601 g/mol. The van der Waals surface area contributed by atoms with E-state index in [2.05, 4.69) is 135 Å². The Morgan fingerprint density at radius 1 is 0.867 bits per heavy atom. The molecular formula is C41H35N3S. The van der Waals surface area contributed by atoms with Gasteiger partial charge in [-0.3, -0.25) is 0 Å². The van der Waals surface area contributed by atoms with Gasteiger partial charge in [0.05, 0.1) is 12.2 Å². The number of hydrogen-bond donors (Lipinski definition) is 0. The number of allylic oxidation sites excluding steroid dienone is 5. The van der Waals surface area contributed by atoms with Crippen molar-refractivity contribution in [2.45, 2.75) is 33.7 Å². The van der Waals surface area contributed by atoms with Crippen molar-refractivity contribution in [1.82, 2.24) is 9.97 Å². The number of anilines is 2. The molecule has 0 fully saturated rings. The van der Waals surface area contributed by atoms with Gasteiger partial charge in [-0.2, -0.15) is 0 Å². The highest BCUT2D eigenvalue weighted by Gasteiger charge is 2.30. The fourth-order valence-corrected chi connectivity index (χ4v) is 7.57. The minimum absolute atomic E-state index is 0.665. The maximum atomic E-state index is 5.42. The summed E-state index contributed by atoms with van der Waals surface area (Å²) in [6.07, 6.45) is 6.89. The molecule has 220 valence electrons. The molecule has 3 nitrogen and oxygen atoms in total. The lowest BCUT2D eigenvalue weighted by Crippen LogP contribution is -2.20. The van der Waals surface area contributed by atoms with E-state index in [1.54, 1.807) is 0 Å². The highest BCUT2D eigenvalue weighted by molar-refractivity contribution is 7.19. The maximum absolute atomic E-state index is 5.42. The Labute approximate surface area is 269 Å². The zero-order valence-electron chi connectivity index (χ0n) is 25.9. The molecule has 7 rings (SSSR count). The smallest absolute Gasteiger partial charge is 0.161 e. The van der Waals surface area contributed by atoms with Crippen LogP contribution in [0.3, 0.4) is 0 Å². The third kappa shape index (κ3) is 5.32. The second-order valence-corrected chi connectivity index (χ2v) is 12.8. The zero-order valence-corrected chi connectivity index (χ0v) is 26.7. The summed E-state index contributed by atoms with van der Waals surface area (Å²) in [5, 5.41) is 1.27. The first-order chi connectivity index (χ1) is 22.0. The molecule has 0 saturated heterocycles. The SMILES string of the molecule is C=C/C=C\C(=C(C)C)c1c(CN(c2ccccc2C)c2nc(-c3ccccc3)nc3c2-c2ccccc2C3)sc2ccccc12. The number of rotatable bonds is 8. The van der Waals surface area contributed by atoms with Crippen LogP contribution in [-0.2, 0) is 13.0 Å². The van der Waals surface area contributed by atoms with E-state index in [0.29, 0.717) is 6.54 Å². The van der Waals surface area contributed by atoms with Gasteiger partial charge in [0, 0.05) is 43.8 Å². The van der Waals surface area contributed by atoms with Crippen molar-refractivity contribution in [2.75, 3.05) is 4.90 Å². The minimum atomic E-state index is 0.665. The van der Waals surface area contributed by atoms with Gasteiger partial charge in [0.2, 0.25) is 0 Å². The molecule has 6 aromatic rings. The summed E-state index contributed by atoms with van der Waals surface area (Å²) < 4.78 is 1.28. The Morgan fingerprint density at radius 3 is 2.40 bits per heavy atom. The molecule has 2 aromatic heterocycles. The number of para-hydroxylation sites is 1.